The molecule has 158 valence electrons. The summed E-state index contributed by atoms with van der Waals surface area (Å²) in [6.45, 7) is 4.49. The molecule has 2 aromatic rings. The molecule has 1 amide bonds. The second-order valence-electron chi connectivity index (χ2n) is 7.13. The summed E-state index contributed by atoms with van der Waals surface area (Å²) < 4.78 is 42.2. The maximum absolute atomic E-state index is 13.8. The third kappa shape index (κ3) is 4.41. The molecule has 4 rings (SSSR count). The summed E-state index contributed by atoms with van der Waals surface area (Å²) in [7, 11) is 0. The van der Waals surface area contributed by atoms with E-state index < -0.39 is 23.3 Å². The Morgan fingerprint density at radius 3 is 2.45 bits per heavy atom. The van der Waals surface area contributed by atoms with E-state index in [9.17, 15) is 18.0 Å². The number of hydrogen-bond donors (Lipinski definition) is 1. The Balaban J connectivity index is 0.00000240. The zero-order valence-corrected chi connectivity index (χ0v) is 16.5. The molecular formula is C19H23ClF3N5O. The number of nitrogens with zero attached hydrogens (tertiary/aromatic N) is 4. The summed E-state index contributed by atoms with van der Waals surface area (Å²) in [4.78, 5) is 16.8. The summed E-state index contributed by atoms with van der Waals surface area (Å²) >= 11 is 0. The van der Waals surface area contributed by atoms with Gasteiger partial charge in [-0.2, -0.15) is 18.3 Å². The second-order valence-corrected chi connectivity index (χ2v) is 7.13. The zero-order chi connectivity index (χ0) is 19.7. The molecular weight excluding hydrogens is 407 g/mol. The Labute approximate surface area is 173 Å². The molecule has 0 spiro atoms. The number of hydrogen-bond acceptors (Lipinski definition) is 4. The van der Waals surface area contributed by atoms with Crippen LogP contribution in [0.5, 0.6) is 0 Å². The molecule has 2 fully saturated rings. The fraction of sp³-hybridized carbons (Fsp3) is 0.474. The number of amides is 1. The number of piperazine rings is 1. The first-order valence-corrected chi connectivity index (χ1v) is 9.40. The van der Waals surface area contributed by atoms with Crippen molar-refractivity contribution in [2.75, 3.05) is 39.3 Å². The van der Waals surface area contributed by atoms with Crippen LogP contribution in [0.3, 0.4) is 0 Å². The summed E-state index contributed by atoms with van der Waals surface area (Å²) in [6.07, 6.45) is -2.87. The molecule has 0 bridgehead atoms. The summed E-state index contributed by atoms with van der Waals surface area (Å²) in [6, 6.07) is 8.25. The molecule has 2 aliphatic heterocycles. The van der Waals surface area contributed by atoms with Gasteiger partial charge in [-0.15, -0.1) is 12.4 Å². The topological polar surface area (TPSA) is 53.4 Å². The number of alkyl halides is 3. The van der Waals surface area contributed by atoms with Crippen molar-refractivity contribution in [3.8, 4) is 5.69 Å². The summed E-state index contributed by atoms with van der Waals surface area (Å²) in [5.41, 5.74) is -1.14. The van der Waals surface area contributed by atoms with E-state index >= 15 is 0 Å². The predicted molar refractivity (Wildman–Crippen MR) is 105 cm³/mol. The van der Waals surface area contributed by atoms with Crippen LogP contribution in [-0.4, -0.2) is 70.8 Å². The van der Waals surface area contributed by atoms with Crippen molar-refractivity contribution in [1.29, 1.82) is 0 Å². The molecule has 10 heteroatoms. The molecule has 0 aliphatic carbocycles. The Morgan fingerprint density at radius 2 is 1.79 bits per heavy atom. The van der Waals surface area contributed by atoms with Crippen LogP contribution in [0.25, 0.3) is 5.69 Å². The lowest BCUT2D eigenvalue weighted by atomic mass is 10.2. The van der Waals surface area contributed by atoms with Gasteiger partial charge < -0.3 is 10.2 Å². The highest BCUT2D eigenvalue weighted by Gasteiger charge is 2.42. The van der Waals surface area contributed by atoms with Gasteiger partial charge in [0, 0.05) is 45.3 Å². The van der Waals surface area contributed by atoms with Gasteiger partial charge in [0.25, 0.3) is 5.91 Å². The van der Waals surface area contributed by atoms with Gasteiger partial charge in [-0.3, -0.25) is 9.69 Å². The monoisotopic (exact) mass is 429 g/mol. The fourth-order valence-electron chi connectivity index (χ4n) is 3.98. The van der Waals surface area contributed by atoms with Crippen molar-refractivity contribution in [3.05, 3.63) is 47.8 Å². The van der Waals surface area contributed by atoms with Gasteiger partial charge in [0.15, 0.2) is 5.69 Å². The summed E-state index contributed by atoms with van der Waals surface area (Å²) in [5, 5.41) is 7.17. The number of halogens is 4. The van der Waals surface area contributed by atoms with E-state index in [1.807, 2.05) is 0 Å². The van der Waals surface area contributed by atoms with Gasteiger partial charge in [0.2, 0.25) is 0 Å². The number of carbonyl (C=O) groups is 1. The third-order valence-electron chi connectivity index (χ3n) is 5.39. The van der Waals surface area contributed by atoms with Crippen molar-refractivity contribution in [3.63, 3.8) is 0 Å². The molecule has 6 nitrogen and oxygen atoms in total. The molecule has 29 heavy (non-hydrogen) atoms. The first-order valence-electron chi connectivity index (χ1n) is 9.40. The highest BCUT2D eigenvalue weighted by Crippen LogP contribution is 2.34. The Kier molecular flexibility index (Phi) is 6.50. The molecule has 1 aromatic carbocycles. The van der Waals surface area contributed by atoms with Crippen molar-refractivity contribution in [2.24, 2.45) is 0 Å². The number of benzene rings is 1. The number of likely N-dealkylation sites (tertiary alicyclic amines) is 1. The van der Waals surface area contributed by atoms with Gasteiger partial charge in [0.1, 0.15) is 0 Å². The SMILES string of the molecule is Cl.O=C(c1cnn(-c2ccccc2)c1C(F)(F)F)N1CCC(N2CCNCC2)C1. The molecule has 1 unspecified atom stereocenters. The minimum atomic E-state index is -4.69. The number of nitrogens with one attached hydrogen (secondary N) is 1. The van der Waals surface area contributed by atoms with E-state index in [0.717, 1.165) is 43.5 Å². The maximum atomic E-state index is 13.8. The van der Waals surface area contributed by atoms with Gasteiger partial charge in [-0.05, 0) is 18.6 Å². The van der Waals surface area contributed by atoms with Gasteiger partial charge >= 0.3 is 6.18 Å². The van der Waals surface area contributed by atoms with Crippen LogP contribution in [-0.2, 0) is 6.18 Å². The quantitative estimate of drug-likeness (QED) is 0.814. The van der Waals surface area contributed by atoms with Crippen molar-refractivity contribution in [1.82, 2.24) is 24.9 Å². The maximum Gasteiger partial charge on any atom is 0.434 e. The van der Waals surface area contributed by atoms with Crippen LogP contribution < -0.4 is 5.32 Å². The van der Waals surface area contributed by atoms with Gasteiger partial charge in [-0.1, -0.05) is 18.2 Å². The highest BCUT2D eigenvalue weighted by atomic mass is 35.5. The molecule has 2 saturated heterocycles. The lowest BCUT2D eigenvalue weighted by Crippen LogP contribution is -2.49. The van der Waals surface area contributed by atoms with Crippen molar-refractivity contribution >= 4 is 18.3 Å². The van der Waals surface area contributed by atoms with Gasteiger partial charge in [0.05, 0.1) is 17.4 Å². The summed E-state index contributed by atoms with van der Waals surface area (Å²) in [5.74, 6) is -0.604. The van der Waals surface area contributed by atoms with Crippen LogP contribution in [0.15, 0.2) is 36.5 Å². The molecule has 2 aliphatic rings. The van der Waals surface area contributed by atoms with Crippen LogP contribution in [0.4, 0.5) is 13.2 Å². The molecule has 3 heterocycles. The standard InChI is InChI=1S/C19H22F3N5O.ClH/c20-19(21,22)17-16(12-24-27(17)14-4-2-1-3-5-14)18(28)26-9-6-15(13-26)25-10-7-23-8-11-25;/h1-5,12,15,23H,6-11,13H2;1H. The first kappa shape index (κ1) is 21.6. The fourth-order valence-corrected chi connectivity index (χ4v) is 3.98. The van der Waals surface area contributed by atoms with E-state index in [4.69, 9.17) is 0 Å². The van der Waals surface area contributed by atoms with E-state index in [0.29, 0.717) is 13.1 Å². The average Bonchev–Trinajstić information content (AvgIpc) is 3.36. The molecule has 1 atom stereocenters. The van der Waals surface area contributed by atoms with Crippen LogP contribution in [0.2, 0.25) is 0 Å². The normalized spacial score (nSPS) is 20.5. The lowest BCUT2D eigenvalue weighted by molar-refractivity contribution is -0.143. The third-order valence-corrected chi connectivity index (χ3v) is 5.39. The zero-order valence-electron chi connectivity index (χ0n) is 15.7. The second kappa shape index (κ2) is 8.73. The molecule has 1 N–H and O–H groups in total. The molecule has 0 radical (unpaired) electrons. The van der Waals surface area contributed by atoms with Gasteiger partial charge in [-0.25, -0.2) is 4.68 Å². The Bertz CT molecular complexity index is 836. The van der Waals surface area contributed by atoms with E-state index in [-0.39, 0.29) is 24.1 Å². The predicted octanol–water partition coefficient (Wildman–Crippen LogP) is 2.43. The van der Waals surface area contributed by atoms with E-state index in [1.165, 1.54) is 17.0 Å². The lowest BCUT2D eigenvalue weighted by Gasteiger charge is -2.32. The van der Waals surface area contributed by atoms with Crippen LogP contribution in [0, 0.1) is 0 Å². The number of rotatable bonds is 3. The van der Waals surface area contributed by atoms with Crippen molar-refractivity contribution in [2.45, 2.75) is 18.6 Å². The molecule has 0 saturated carbocycles. The number of aromatic nitrogens is 2. The number of carbonyl (C=O) groups excluding carboxylic acids is 1. The van der Waals surface area contributed by atoms with Crippen molar-refractivity contribution < 1.29 is 18.0 Å². The van der Waals surface area contributed by atoms with Crippen LogP contribution >= 0.6 is 12.4 Å². The number of para-hydroxylation sites is 1. The van der Waals surface area contributed by atoms with E-state index in [1.54, 1.807) is 18.2 Å². The Morgan fingerprint density at radius 1 is 1.10 bits per heavy atom. The minimum absolute atomic E-state index is 0. The minimum Gasteiger partial charge on any atom is -0.337 e. The molecule has 1 aromatic heterocycles. The first-order chi connectivity index (χ1) is 13.4. The average molecular weight is 430 g/mol. The van der Waals surface area contributed by atoms with E-state index in [2.05, 4.69) is 15.3 Å². The largest absolute Gasteiger partial charge is 0.434 e. The Hall–Kier alpha value is -2.10. The highest BCUT2D eigenvalue weighted by molar-refractivity contribution is 5.95. The smallest absolute Gasteiger partial charge is 0.337 e. The van der Waals surface area contributed by atoms with Crippen LogP contribution in [0.1, 0.15) is 22.5 Å².